The molecule has 0 amide bonds. The first-order valence-corrected chi connectivity index (χ1v) is 6.78. The van der Waals surface area contributed by atoms with Crippen molar-refractivity contribution in [3.63, 3.8) is 0 Å². The van der Waals surface area contributed by atoms with Gasteiger partial charge in [0.15, 0.2) is 17.3 Å². The van der Waals surface area contributed by atoms with E-state index in [1.54, 1.807) is 18.2 Å². The molecule has 5 heteroatoms. The van der Waals surface area contributed by atoms with Gasteiger partial charge < -0.3 is 20.1 Å². The lowest BCUT2D eigenvalue weighted by Gasteiger charge is -2.05. The van der Waals surface area contributed by atoms with E-state index >= 15 is 0 Å². The van der Waals surface area contributed by atoms with Crippen molar-refractivity contribution < 1.29 is 24.9 Å². The largest absolute Gasteiger partial charge is 0.508 e. The minimum atomic E-state index is -0.400. The van der Waals surface area contributed by atoms with Gasteiger partial charge in [-0.3, -0.25) is 4.79 Å². The highest BCUT2D eigenvalue weighted by Gasteiger charge is 2.06. The molecule has 118 valence electrons. The van der Waals surface area contributed by atoms with Crippen molar-refractivity contribution in [2.24, 2.45) is 0 Å². The number of ketones is 1. The van der Waals surface area contributed by atoms with Crippen molar-refractivity contribution >= 4 is 17.6 Å². The van der Waals surface area contributed by atoms with Crippen LogP contribution in [0.3, 0.4) is 0 Å². The summed E-state index contributed by atoms with van der Waals surface area (Å²) in [6.07, 6.45) is 3.95. The number of phenolic OH excluding ortho intramolecular Hbond substituents is 2. The zero-order valence-corrected chi connectivity index (χ0v) is 12.4. The van der Waals surface area contributed by atoms with Gasteiger partial charge in [0.05, 0.1) is 7.11 Å². The van der Waals surface area contributed by atoms with E-state index in [2.05, 4.69) is 0 Å². The standard InChI is InChI=1S/C18H16O5/c1-23-18-10-13(5-9-16(18)21)17(22)11-15(20)8-4-12-2-6-14(19)7-3-12/h2-11,19,21-22H,1H3/b8-4+,17-11?. The summed E-state index contributed by atoms with van der Waals surface area (Å²) in [5.41, 5.74) is 1.10. The number of carbonyl (C=O) groups excluding carboxylic acids is 1. The van der Waals surface area contributed by atoms with Gasteiger partial charge in [-0.25, -0.2) is 0 Å². The summed E-state index contributed by atoms with van der Waals surface area (Å²) >= 11 is 0. The number of phenols is 2. The molecule has 2 rings (SSSR count). The molecule has 3 N–H and O–H groups in total. The molecule has 23 heavy (non-hydrogen) atoms. The summed E-state index contributed by atoms with van der Waals surface area (Å²) in [7, 11) is 1.39. The van der Waals surface area contributed by atoms with Crippen LogP contribution in [0.25, 0.3) is 11.8 Å². The third-order valence-corrected chi connectivity index (χ3v) is 3.09. The van der Waals surface area contributed by atoms with Crippen LogP contribution in [-0.4, -0.2) is 28.2 Å². The number of hydrogen-bond acceptors (Lipinski definition) is 5. The molecule has 0 unspecified atom stereocenters. The number of allylic oxidation sites excluding steroid dienone is 2. The van der Waals surface area contributed by atoms with Gasteiger partial charge in [-0.2, -0.15) is 0 Å². The Morgan fingerprint density at radius 1 is 1.09 bits per heavy atom. The molecule has 0 aromatic heterocycles. The second kappa shape index (κ2) is 7.17. The number of methoxy groups -OCH3 is 1. The molecule has 2 aromatic rings. The Morgan fingerprint density at radius 2 is 1.78 bits per heavy atom. The van der Waals surface area contributed by atoms with Crippen molar-refractivity contribution in [1.29, 1.82) is 0 Å². The first kappa shape index (κ1) is 16.2. The van der Waals surface area contributed by atoms with Crippen LogP contribution in [0.15, 0.2) is 54.6 Å². The SMILES string of the molecule is COc1cc(C(O)=CC(=O)/C=C/c2ccc(O)cc2)ccc1O. The number of aliphatic hydroxyl groups is 1. The molecule has 0 spiro atoms. The van der Waals surface area contributed by atoms with Crippen molar-refractivity contribution in [2.75, 3.05) is 7.11 Å². The summed E-state index contributed by atoms with van der Waals surface area (Å²) < 4.78 is 4.95. The summed E-state index contributed by atoms with van der Waals surface area (Å²) in [4.78, 5) is 11.8. The Kier molecular flexibility index (Phi) is 5.04. The second-order valence-corrected chi connectivity index (χ2v) is 4.74. The highest BCUT2D eigenvalue weighted by Crippen LogP contribution is 2.28. The fourth-order valence-corrected chi connectivity index (χ4v) is 1.87. The van der Waals surface area contributed by atoms with Crippen LogP contribution in [0, 0.1) is 0 Å². The Bertz CT molecular complexity index is 757. The highest BCUT2D eigenvalue weighted by molar-refractivity contribution is 6.05. The van der Waals surface area contributed by atoms with E-state index < -0.39 is 5.78 Å². The molecule has 0 atom stereocenters. The zero-order chi connectivity index (χ0) is 16.8. The van der Waals surface area contributed by atoms with Crippen LogP contribution in [0.5, 0.6) is 17.2 Å². The van der Waals surface area contributed by atoms with Crippen LogP contribution in [-0.2, 0) is 4.79 Å². The lowest BCUT2D eigenvalue weighted by molar-refractivity contribution is -0.110. The first-order valence-electron chi connectivity index (χ1n) is 6.78. The van der Waals surface area contributed by atoms with Gasteiger partial charge in [-0.05, 0) is 42.0 Å². The quantitative estimate of drug-likeness (QED) is 0.582. The third kappa shape index (κ3) is 4.38. The molecule has 0 bridgehead atoms. The minimum absolute atomic E-state index is 0.0531. The van der Waals surface area contributed by atoms with E-state index in [1.165, 1.54) is 43.5 Å². The lowest BCUT2D eigenvalue weighted by Crippen LogP contribution is -1.92. The molecule has 0 aliphatic rings. The fraction of sp³-hybridized carbons (Fsp3) is 0.0556. The third-order valence-electron chi connectivity index (χ3n) is 3.09. The van der Waals surface area contributed by atoms with Gasteiger partial charge in [-0.1, -0.05) is 18.2 Å². The van der Waals surface area contributed by atoms with E-state index in [4.69, 9.17) is 4.74 Å². The summed E-state index contributed by atoms with van der Waals surface area (Å²) in [6, 6.07) is 10.6. The topological polar surface area (TPSA) is 87.0 Å². The molecule has 0 aliphatic heterocycles. The van der Waals surface area contributed by atoms with Gasteiger partial charge in [0, 0.05) is 11.6 Å². The van der Waals surface area contributed by atoms with Crippen LogP contribution in [0.1, 0.15) is 11.1 Å². The van der Waals surface area contributed by atoms with Gasteiger partial charge >= 0.3 is 0 Å². The maximum absolute atomic E-state index is 11.8. The van der Waals surface area contributed by atoms with E-state index in [0.29, 0.717) is 5.56 Å². The number of aromatic hydroxyl groups is 2. The summed E-state index contributed by atoms with van der Waals surface area (Å²) in [5.74, 6) is -0.337. The number of carbonyl (C=O) groups is 1. The van der Waals surface area contributed by atoms with Crippen molar-refractivity contribution in [2.45, 2.75) is 0 Å². The maximum atomic E-state index is 11.8. The van der Waals surface area contributed by atoms with Crippen molar-refractivity contribution in [1.82, 2.24) is 0 Å². The van der Waals surface area contributed by atoms with E-state index in [0.717, 1.165) is 11.6 Å². The predicted molar refractivity (Wildman–Crippen MR) is 87.4 cm³/mol. The normalized spacial score (nSPS) is 11.6. The monoisotopic (exact) mass is 312 g/mol. The van der Waals surface area contributed by atoms with Gasteiger partial charge in [0.1, 0.15) is 11.5 Å². The number of rotatable bonds is 5. The zero-order valence-electron chi connectivity index (χ0n) is 12.4. The molecule has 2 aromatic carbocycles. The smallest absolute Gasteiger partial charge is 0.182 e. The Labute approximate surface area is 133 Å². The van der Waals surface area contributed by atoms with Crippen LogP contribution in [0.2, 0.25) is 0 Å². The average Bonchev–Trinajstić information content (AvgIpc) is 2.54. The summed E-state index contributed by atoms with van der Waals surface area (Å²) in [5, 5.41) is 28.7. The number of ether oxygens (including phenoxy) is 1. The Balaban J connectivity index is 2.13. The van der Waals surface area contributed by atoms with Crippen LogP contribution >= 0.6 is 0 Å². The minimum Gasteiger partial charge on any atom is -0.508 e. The van der Waals surface area contributed by atoms with Gasteiger partial charge in [0.25, 0.3) is 0 Å². The van der Waals surface area contributed by atoms with Gasteiger partial charge in [-0.15, -0.1) is 0 Å². The van der Waals surface area contributed by atoms with E-state index in [1.807, 2.05) is 0 Å². The number of benzene rings is 2. The molecule has 0 heterocycles. The molecular formula is C18H16O5. The van der Waals surface area contributed by atoms with Crippen molar-refractivity contribution in [3.8, 4) is 17.2 Å². The lowest BCUT2D eigenvalue weighted by atomic mass is 10.1. The Hall–Kier alpha value is -3.21. The fourth-order valence-electron chi connectivity index (χ4n) is 1.87. The Morgan fingerprint density at radius 3 is 2.43 bits per heavy atom. The molecular weight excluding hydrogens is 296 g/mol. The van der Waals surface area contributed by atoms with E-state index in [9.17, 15) is 20.1 Å². The number of hydrogen-bond donors (Lipinski definition) is 3. The van der Waals surface area contributed by atoms with Crippen LogP contribution < -0.4 is 4.74 Å². The number of aliphatic hydroxyl groups excluding tert-OH is 1. The van der Waals surface area contributed by atoms with Gasteiger partial charge in [0.2, 0.25) is 0 Å². The summed E-state index contributed by atoms with van der Waals surface area (Å²) in [6.45, 7) is 0. The predicted octanol–water partition coefficient (Wildman–Crippen LogP) is 3.29. The molecule has 0 fully saturated rings. The maximum Gasteiger partial charge on any atom is 0.182 e. The second-order valence-electron chi connectivity index (χ2n) is 4.74. The van der Waals surface area contributed by atoms with E-state index in [-0.39, 0.29) is 23.0 Å². The molecule has 0 radical (unpaired) electrons. The molecule has 0 saturated carbocycles. The van der Waals surface area contributed by atoms with Crippen molar-refractivity contribution in [3.05, 3.63) is 65.7 Å². The van der Waals surface area contributed by atoms with Crippen LogP contribution in [0.4, 0.5) is 0 Å². The first-order chi connectivity index (χ1) is 11.0. The average molecular weight is 312 g/mol. The highest BCUT2D eigenvalue weighted by atomic mass is 16.5. The molecule has 0 saturated heterocycles. The molecule has 0 aliphatic carbocycles. The molecule has 5 nitrogen and oxygen atoms in total.